The van der Waals surface area contributed by atoms with Crippen LogP contribution < -0.4 is 110 Å². The summed E-state index contributed by atoms with van der Waals surface area (Å²) < 4.78 is 0. The van der Waals surface area contributed by atoms with Crippen molar-refractivity contribution in [3.8, 4) is 0 Å². The minimum atomic E-state index is -1.87. The average molecular weight is 1500 g/mol. The number of unbranched alkanes of at least 4 members (excludes halogenated alkanes) is 2. The molecule has 0 radical (unpaired) electrons. The Morgan fingerprint density at radius 2 is 0.657 bits per heavy atom. The second kappa shape index (κ2) is 50.4. The molecule has 0 saturated heterocycles. The van der Waals surface area contributed by atoms with E-state index in [1.165, 1.54) is 27.7 Å². The van der Waals surface area contributed by atoms with E-state index in [9.17, 15) is 92.0 Å². The molecule has 0 bridgehead atoms. The van der Waals surface area contributed by atoms with Crippen molar-refractivity contribution in [2.45, 2.75) is 250 Å². The molecule has 0 aromatic heterocycles. The monoisotopic (exact) mass is 1500 g/mol. The van der Waals surface area contributed by atoms with Crippen LogP contribution in [0.2, 0.25) is 0 Å². The highest BCUT2D eigenvalue weighted by molar-refractivity contribution is 6.00. The summed E-state index contributed by atoms with van der Waals surface area (Å²) in [5.41, 5.74) is 45.0. The molecule has 0 spiro atoms. The Bertz CT molecular complexity index is 2980. The number of carboxylic acid groups (broad SMARTS) is 3. The summed E-state index contributed by atoms with van der Waals surface area (Å²) in [5, 5.41) is 58.1. The maximum Gasteiger partial charge on any atom is 0.326 e. The Morgan fingerprint density at radius 3 is 1.03 bits per heavy atom. The minimum absolute atomic E-state index is 0.0208. The van der Waals surface area contributed by atoms with Crippen LogP contribution in [-0.4, -0.2) is 227 Å². The van der Waals surface area contributed by atoms with Gasteiger partial charge < -0.3 is 125 Å². The van der Waals surface area contributed by atoms with Crippen molar-refractivity contribution in [2.75, 3.05) is 26.2 Å². The second-order valence-corrected chi connectivity index (χ2v) is 26.6. The van der Waals surface area contributed by atoms with Gasteiger partial charge in [-0.1, -0.05) is 48.0 Å². The van der Waals surface area contributed by atoms with E-state index in [1.807, 2.05) is 0 Å². The van der Waals surface area contributed by atoms with E-state index in [-0.39, 0.29) is 81.8 Å². The lowest BCUT2D eigenvalue weighted by Gasteiger charge is -2.28. The summed E-state index contributed by atoms with van der Waals surface area (Å²) in [7, 11) is 0. The summed E-state index contributed by atoms with van der Waals surface area (Å²) >= 11 is 0. The molecule has 596 valence electrons. The van der Waals surface area contributed by atoms with Gasteiger partial charge in [0.2, 0.25) is 76.8 Å². The van der Waals surface area contributed by atoms with E-state index in [0.717, 1.165) is 6.92 Å². The second-order valence-electron chi connectivity index (χ2n) is 26.6. The van der Waals surface area contributed by atoms with Crippen molar-refractivity contribution in [2.24, 2.45) is 73.6 Å². The van der Waals surface area contributed by atoms with E-state index < -0.39 is 211 Å². The molecule has 41 heteroatoms. The Labute approximate surface area is 610 Å². The Hall–Kier alpha value is -10.1. The predicted octanol–water partition coefficient (Wildman–Crippen LogP) is -7.01. The van der Waals surface area contributed by atoms with Gasteiger partial charge in [-0.25, -0.2) is 4.79 Å². The largest absolute Gasteiger partial charge is 0.481 e. The van der Waals surface area contributed by atoms with E-state index in [4.69, 9.17) is 45.9 Å². The van der Waals surface area contributed by atoms with Gasteiger partial charge in [0.1, 0.15) is 72.5 Å². The van der Waals surface area contributed by atoms with E-state index in [2.05, 4.69) is 73.8 Å². The van der Waals surface area contributed by atoms with Gasteiger partial charge in [-0.2, -0.15) is 0 Å². The molecule has 105 heavy (non-hydrogen) atoms. The molecule has 0 aromatic carbocycles. The SMILES string of the molecule is CC(C)C[C@H](NC(=O)[C@@H](C)NC(=O)[C@H](CCCCN)NC(=O)[C@@H](N)CCCCN)C(=O)N[C@@H](CCCN=C(N)N)C(=O)N[C@@H](CCCN=C(N)N)C(=O)N[C@@H](CCC(N)=O)C(=O)N[C@H](CCC(=O)O)C(=O)N[C@@H](C)C(=O)N[C@H](C(=O)N[C@H](CC(=O)O)C(=O)N[C@H](C)C(=O)N[C@H](CC(C)C)C(=O)O)C(C)C. The van der Waals surface area contributed by atoms with Gasteiger partial charge in [-0.3, -0.25) is 81.9 Å². The highest BCUT2D eigenvalue weighted by Gasteiger charge is 2.37. The molecule has 31 N–H and O–H groups in total. The predicted molar refractivity (Wildman–Crippen MR) is 383 cm³/mol. The van der Waals surface area contributed by atoms with Crippen molar-refractivity contribution in [3.05, 3.63) is 0 Å². The fraction of sp³-hybridized carbons (Fsp3) is 0.719. The van der Waals surface area contributed by atoms with Crippen LogP contribution in [0.25, 0.3) is 0 Å². The molecule has 0 aliphatic heterocycles. The van der Waals surface area contributed by atoms with Gasteiger partial charge in [0.15, 0.2) is 11.9 Å². The quantitative estimate of drug-likeness (QED) is 0.0153. The van der Waals surface area contributed by atoms with E-state index >= 15 is 0 Å². The van der Waals surface area contributed by atoms with Crippen molar-refractivity contribution in [1.82, 2.24) is 63.8 Å². The lowest BCUT2D eigenvalue weighted by molar-refractivity contribution is -0.143. The lowest BCUT2D eigenvalue weighted by Crippen LogP contribution is -2.61. The lowest BCUT2D eigenvalue weighted by atomic mass is 10.0. The fourth-order valence-electron chi connectivity index (χ4n) is 9.99. The van der Waals surface area contributed by atoms with Crippen molar-refractivity contribution in [1.29, 1.82) is 0 Å². The van der Waals surface area contributed by atoms with Crippen molar-refractivity contribution < 1.29 is 92.0 Å². The first-order chi connectivity index (χ1) is 49.0. The number of rotatable bonds is 54. The number of hydrogen-bond acceptors (Lipinski definition) is 21. The third-order valence-electron chi connectivity index (χ3n) is 15.8. The maximum atomic E-state index is 14.6. The van der Waals surface area contributed by atoms with E-state index in [0.29, 0.717) is 45.2 Å². The van der Waals surface area contributed by atoms with Crippen molar-refractivity contribution >= 4 is 107 Å². The number of nitrogens with one attached hydrogen (secondary N) is 12. The molecule has 0 aliphatic carbocycles. The van der Waals surface area contributed by atoms with Crippen LogP contribution in [0.1, 0.15) is 171 Å². The van der Waals surface area contributed by atoms with E-state index in [1.54, 1.807) is 27.7 Å². The molecule has 0 rings (SSSR count). The number of aliphatic imine (C=N–C) groups is 2. The minimum Gasteiger partial charge on any atom is -0.481 e. The van der Waals surface area contributed by atoms with Crippen LogP contribution in [-0.2, 0) is 76.7 Å². The van der Waals surface area contributed by atoms with Crippen LogP contribution in [0.5, 0.6) is 0 Å². The Morgan fingerprint density at radius 1 is 0.333 bits per heavy atom. The maximum absolute atomic E-state index is 14.6. The number of hydrogen-bond donors (Lipinski definition) is 23. The third-order valence-corrected chi connectivity index (χ3v) is 15.8. The molecule has 0 fully saturated rings. The number of nitrogens with two attached hydrogens (primary N) is 8. The molecule has 0 saturated carbocycles. The van der Waals surface area contributed by atoms with Crippen LogP contribution >= 0.6 is 0 Å². The van der Waals surface area contributed by atoms with Gasteiger partial charge in [-0.15, -0.1) is 0 Å². The zero-order valence-electron chi connectivity index (χ0n) is 61.5. The number of carbonyl (C=O) groups is 16. The summed E-state index contributed by atoms with van der Waals surface area (Å²) in [6, 6.07) is -19.4. The number of nitrogens with zero attached hydrogens (tertiary/aromatic N) is 2. The first-order valence-corrected chi connectivity index (χ1v) is 34.9. The molecule has 0 aliphatic rings. The fourth-order valence-corrected chi connectivity index (χ4v) is 9.99. The molecule has 0 aromatic rings. The molecule has 0 heterocycles. The Balaban J connectivity index is 7.09. The summed E-state index contributed by atoms with van der Waals surface area (Å²) in [4.78, 5) is 222. The number of guanidine groups is 2. The first-order valence-electron chi connectivity index (χ1n) is 34.9. The van der Waals surface area contributed by atoms with Gasteiger partial charge in [-0.05, 0) is 135 Å². The number of primary amides is 1. The number of aliphatic carboxylic acids is 3. The smallest absolute Gasteiger partial charge is 0.326 e. The zero-order valence-corrected chi connectivity index (χ0v) is 61.5. The highest BCUT2D eigenvalue weighted by Crippen LogP contribution is 2.13. The molecular formula is C64H116N22O19. The summed E-state index contributed by atoms with van der Waals surface area (Å²) in [5.74, 6) is -19.2. The average Bonchev–Trinajstić information content (AvgIpc) is 0.863. The zero-order chi connectivity index (χ0) is 80.4. The first kappa shape index (κ1) is 94.9. The molecular weight excluding hydrogens is 1380 g/mol. The number of amides is 13. The highest BCUT2D eigenvalue weighted by atomic mass is 16.4. The normalized spacial score (nSPS) is 14.8. The third kappa shape index (κ3) is 40.5. The van der Waals surface area contributed by atoms with Crippen molar-refractivity contribution in [3.63, 3.8) is 0 Å². The summed E-state index contributed by atoms with van der Waals surface area (Å²) in [6.45, 7) is 14.0. The molecule has 13 amide bonds. The number of carbonyl (C=O) groups excluding carboxylic acids is 13. The number of carboxylic acids is 3. The van der Waals surface area contributed by atoms with Crippen LogP contribution in [0, 0.1) is 17.8 Å². The van der Waals surface area contributed by atoms with Gasteiger partial charge in [0, 0.05) is 25.9 Å². The Kier molecular flexibility index (Phi) is 45.5. The van der Waals surface area contributed by atoms with Gasteiger partial charge >= 0.3 is 17.9 Å². The topological polar surface area (TPSA) is 711 Å². The van der Waals surface area contributed by atoms with Crippen LogP contribution in [0.4, 0.5) is 0 Å². The van der Waals surface area contributed by atoms with Crippen LogP contribution in [0.3, 0.4) is 0 Å². The van der Waals surface area contributed by atoms with Gasteiger partial charge in [0.05, 0.1) is 12.5 Å². The van der Waals surface area contributed by atoms with Gasteiger partial charge in [0.25, 0.3) is 0 Å². The molecule has 13 atom stereocenters. The standard InChI is InChI=1S/C64H116N22O19/c1-31(2)28-43(83-50(92)34(7)75-54(96)38(17-11-13-25-66)78-53(95)37(67)16-10-12-24-65)60(102)80-40(19-15-27-74-64(71)72)56(98)79-39(18-14-26-73-63(69)70)57(99)81-41(20-22-46(68)87)58(100)82-42(21-23-47(88)89)55(97)76-36(9)52(94)86-49(33(5)6)61(103)84-44(30-48(90)91)59(101)77-35(8)51(93)85-45(62(104)105)29-32(3)4/h31-45,49H,10-30,65-67H2,1-9H3,(H2,68,87)(H,75,96)(H,76,97)(H,77,101)(H,78,95)(H,79,98)(H,80,102)(H,81,99)(H,82,100)(H,83,92)(H,84,103)(H,85,93)(H,86,94)(H,88,89)(H,90,91)(H,104,105)(H4,69,70,73)(H4,71,72,74)/t34-,35-,36+,37+,38+,39+,40+,41+,42-,43+,44-,45-,49+/m1/s1. The summed E-state index contributed by atoms with van der Waals surface area (Å²) in [6.07, 6.45) is -1.58. The van der Waals surface area contributed by atoms with Crippen LogP contribution in [0.15, 0.2) is 9.98 Å². The molecule has 0 unspecified atom stereocenters. The molecule has 41 nitrogen and oxygen atoms in total.